The summed E-state index contributed by atoms with van der Waals surface area (Å²) in [7, 11) is -6.14. The van der Waals surface area contributed by atoms with E-state index < -0.39 is 47.0 Å². The zero-order valence-electron chi connectivity index (χ0n) is 52.9. The third-order valence-electron chi connectivity index (χ3n) is 16.8. The molecule has 92 heavy (non-hydrogen) atoms. The van der Waals surface area contributed by atoms with Gasteiger partial charge >= 0.3 is 0 Å². The summed E-state index contributed by atoms with van der Waals surface area (Å²) in [4.78, 5) is 48.3. The lowest BCUT2D eigenvalue weighted by Gasteiger charge is -2.26. The second-order valence-electron chi connectivity index (χ2n) is 25.4. The maximum atomic E-state index is 14.0. The number of carbonyl (C=O) groups is 2. The van der Waals surface area contributed by atoms with E-state index in [-0.39, 0.29) is 64.7 Å². The van der Waals surface area contributed by atoms with E-state index in [1.807, 2.05) is 42.5 Å². The summed E-state index contributed by atoms with van der Waals surface area (Å²) in [5, 5.41) is 19.1. The van der Waals surface area contributed by atoms with Crippen LogP contribution in [0.3, 0.4) is 0 Å². The molecule has 478 valence electrons. The lowest BCUT2D eigenvalue weighted by Crippen LogP contribution is -2.34. The SMILES string of the molecule is COc1ncc(-c2ccc3ncc4c(c3c2)C2(CC2)C(=O)N4C)cc1N(COCC[Si](C)(C)C)S(=O)(=O)c1ccccc1.COc1ncc(-c2ccc3ncc4c(c3c2)C2(CC2)C(=O)N4CC#N)cc1N(COCC[Si](C)(C)C)S(=O)(=O)c1ccccc1.N#CCBr. The van der Waals surface area contributed by atoms with Gasteiger partial charge in [-0.25, -0.2) is 35.4 Å². The molecule has 0 bridgehead atoms. The number of rotatable bonds is 21. The van der Waals surface area contributed by atoms with E-state index in [0.29, 0.717) is 35.4 Å². The minimum Gasteiger partial charge on any atom is -0.479 e. The van der Waals surface area contributed by atoms with Crippen molar-refractivity contribution in [2.24, 2.45) is 0 Å². The summed E-state index contributed by atoms with van der Waals surface area (Å²) >= 11 is 2.89. The van der Waals surface area contributed by atoms with E-state index >= 15 is 0 Å². The van der Waals surface area contributed by atoms with Crippen molar-refractivity contribution in [1.82, 2.24) is 19.9 Å². The van der Waals surface area contributed by atoms with Crippen LogP contribution in [0.2, 0.25) is 51.4 Å². The van der Waals surface area contributed by atoms with Crippen LogP contribution in [-0.4, -0.2) is 125 Å². The van der Waals surface area contributed by atoms with Crippen molar-refractivity contribution in [3.8, 4) is 46.2 Å². The van der Waals surface area contributed by atoms with Gasteiger partial charge in [-0.15, -0.1) is 0 Å². The highest BCUT2D eigenvalue weighted by Gasteiger charge is 2.61. The fourth-order valence-electron chi connectivity index (χ4n) is 11.5. The molecule has 0 saturated heterocycles. The van der Waals surface area contributed by atoms with Crippen molar-refractivity contribution in [1.29, 1.82) is 10.5 Å². The quantitative estimate of drug-likeness (QED) is 0.0213. The van der Waals surface area contributed by atoms with Gasteiger partial charge in [0.25, 0.3) is 20.0 Å². The molecule has 20 nitrogen and oxygen atoms in total. The molecule has 4 aromatic heterocycles. The predicted molar refractivity (Wildman–Crippen MR) is 366 cm³/mol. The van der Waals surface area contributed by atoms with E-state index in [2.05, 4.69) is 81.2 Å². The standard InChI is InChI=1S/C33H35N5O5SSi.C32H36N4O5SSi.C2H2BrN/c1-42-31-28(38(22-43-16-17-45(2,3)4)44(40,41)25-8-6-5-7-9-25)19-24(20-36-31)23-10-11-27-26(18-23)30-29(21-35-27)37(15-14-34)32(39)33(30)12-13-33;1-35-28-20-33-26-12-11-22(17-25(26)29(28)32(13-14-32)31(35)37)23-18-27(30(40-2)34-19-23)36(21-41-15-16-43(3,4)5)42(38,39)24-9-7-6-8-10-24;3-1-2-4/h5-11,18-21H,12-13,15-17,22H2,1-4H3;6-12,17-20H,13-16,21H2,1-5H3;1H2. The van der Waals surface area contributed by atoms with Crippen molar-refractivity contribution in [2.45, 2.75) is 97.7 Å². The first kappa shape index (κ1) is 66.8. The molecule has 4 aromatic carbocycles. The molecule has 0 radical (unpaired) electrons. The summed E-state index contributed by atoms with van der Waals surface area (Å²) in [5.41, 5.74) is 7.38. The Bertz CT molecular complexity index is 4440. The van der Waals surface area contributed by atoms with E-state index in [9.17, 15) is 31.7 Å². The van der Waals surface area contributed by atoms with Crippen molar-refractivity contribution in [2.75, 3.05) is 78.2 Å². The molecule has 2 saturated carbocycles. The number of benzene rings is 4. The molecular weight excluding hydrogens is 1310 g/mol. The number of anilines is 4. The monoisotopic (exact) mass is 1380 g/mol. The molecule has 2 spiro atoms. The molecule has 2 aliphatic carbocycles. The molecular formula is C67H73BrN10O10S2Si2. The Morgan fingerprint density at radius 3 is 1.37 bits per heavy atom. The number of nitriles is 2. The van der Waals surface area contributed by atoms with E-state index in [1.54, 1.807) is 110 Å². The van der Waals surface area contributed by atoms with Gasteiger partial charge in [0.2, 0.25) is 23.6 Å². The molecule has 2 aliphatic heterocycles. The second-order valence-corrected chi connectivity index (χ2v) is 40.9. The van der Waals surface area contributed by atoms with Gasteiger partial charge in [-0.05, 0) is 110 Å². The molecule has 6 heterocycles. The topological polar surface area (TPSA) is 251 Å². The van der Waals surface area contributed by atoms with Crippen LogP contribution in [0.25, 0.3) is 44.1 Å². The number of amides is 2. The number of ether oxygens (including phenoxy) is 4. The van der Waals surface area contributed by atoms with Crippen LogP contribution in [0.15, 0.2) is 144 Å². The normalized spacial score (nSPS) is 15.0. The van der Waals surface area contributed by atoms with Crippen LogP contribution in [0.4, 0.5) is 22.7 Å². The first-order valence-electron chi connectivity index (χ1n) is 30.0. The molecule has 8 aromatic rings. The number of aromatic nitrogens is 4. The van der Waals surface area contributed by atoms with Crippen LogP contribution in [0, 0.1) is 22.7 Å². The van der Waals surface area contributed by atoms with E-state index in [1.165, 1.54) is 27.7 Å². The fourth-order valence-corrected chi connectivity index (χ4v) is 15.7. The smallest absolute Gasteiger partial charge is 0.266 e. The number of sulfonamides is 2. The summed E-state index contributed by atoms with van der Waals surface area (Å²) in [5.74, 6) is 0.379. The van der Waals surface area contributed by atoms with Crippen molar-refractivity contribution in [3.63, 3.8) is 0 Å². The highest BCUT2D eigenvalue weighted by Crippen LogP contribution is 2.60. The van der Waals surface area contributed by atoms with Crippen LogP contribution < -0.4 is 27.9 Å². The molecule has 12 rings (SSSR count). The number of carbonyl (C=O) groups excluding carboxylic acids is 2. The van der Waals surface area contributed by atoms with Gasteiger partial charge in [0.05, 0.1) is 87.1 Å². The van der Waals surface area contributed by atoms with Gasteiger partial charge in [-0.3, -0.25) is 24.5 Å². The minimum atomic E-state index is -4.05. The van der Waals surface area contributed by atoms with E-state index in [4.69, 9.17) is 24.2 Å². The van der Waals surface area contributed by atoms with Crippen LogP contribution >= 0.6 is 15.9 Å². The molecule has 4 aliphatic rings. The Kier molecular flexibility index (Phi) is 19.5. The van der Waals surface area contributed by atoms with Gasteiger partial charge < -0.3 is 23.8 Å². The first-order valence-corrected chi connectivity index (χ1v) is 41.5. The molecule has 0 unspecified atom stereocenters. The Balaban J connectivity index is 0.000000191. The summed E-state index contributed by atoms with van der Waals surface area (Å²) in [6, 6.07) is 37.4. The number of halogens is 1. The Morgan fingerprint density at radius 2 is 0.978 bits per heavy atom. The van der Waals surface area contributed by atoms with Gasteiger partial charge in [0, 0.05) is 81.8 Å². The maximum absolute atomic E-state index is 14.0. The minimum absolute atomic E-state index is 0.0298. The Morgan fingerprint density at radius 1 is 0.565 bits per heavy atom. The van der Waals surface area contributed by atoms with Crippen LogP contribution in [-0.2, 0) is 49.9 Å². The zero-order valence-corrected chi connectivity index (χ0v) is 58.2. The third kappa shape index (κ3) is 13.4. The highest BCUT2D eigenvalue weighted by molar-refractivity contribution is 9.09. The Hall–Kier alpha value is -8.15. The van der Waals surface area contributed by atoms with Gasteiger partial charge in [0.1, 0.15) is 31.4 Å². The summed E-state index contributed by atoms with van der Waals surface area (Å²) in [6.07, 6.45) is 9.87. The third-order valence-corrected chi connectivity index (χ3v) is 23.9. The maximum Gasteiger partial charge on any atom is 0.266 e. The lowest BCUT2D eigenvalue weighted by atomic mass is 9.92. The van der Waals surface area contributed by atoms with Crippen LogP contribution in [0.1, 0.15) is 36.8 Å². The number of alkyl halides is 1. The summed E-state index contributed by atoms with van der Waals surface area (Å²) in [6.45, 7) is 13.9. The second kappa shape index (κ2) is 26.8. The fraction of sp³-hybridized carbons (Fsp3) is 0.343. The largest absolute Gasteiger partial charge is 0.479 e. The zero-order chi connectivity index (χ0) is 66.0. The molecule has 2 fully saturated rings. The first-order chi connectivity index (χ1) is 43.9. The average molecular weight is 1380 g/mol. The molecule has 25 heteroatoms. The van der Waals surface area contributed by atoms with Crippen molar-refractivity contribution < 1.29 is 45.4 Å². The number of fused-ring (bicyclic) bond motifs is 8. The predicted octanol–water partition coefficient (Wildman–Crippen LogP) is 12.4. The van der Waals surface area contributed by atoms with E-state index in [0.717, 1.165) is 87.5 Å². The average Bonchev–Trinajstić information content (AvgIpc) is 1.55. The Labute approximate surface area is 548 Å². The van der Waals surface area contributed by atoms with Crippen LogP contribution in [0.5, 0.6) is 11.8 Å². The number of likely N-dealkylation sites (N-methyl/N-ethyl adjacent to an activating group) is 1. The number of hydrogen-bond acceptors (Lipinski definition) is 16. The number of methoxy groups -OCH3 is 2. The molecule has 0 N–H and O–H groups in total. The van der Waals surface area contributed by atoms with Gasteiger partial charge in [-0.1, -0.05) is 104 Å². The molecule has 0 atom stereocenters. The molecule has 2 amide bonds. The lowest BCUT2D eigenvalue weighted by molar-refractivity contribution is -0.120. The number of nitrogens with zero attached hydrogens (tertiary/aromatic N) is 10. The van der Waals surface area contributed by atoms with Gasteiger partial charge in [0.15, 0.2) is 0 Å². The number of pyridine rings is 4. The van der Waals surface area contributed by atoms with Crippen molar-refractivity contribution in [3.05, 3.63) is 145 Å². The summed E-state index contributed by atoms with van der Waals surface area (Å²) < 4.78 is 81.7. The van der Waals surface area contributed by atoms with Gasteiger partial charge in [-0.2, -0.15) is 10.5 Å². The number of hydrogen-bond donors (Lipinski definition) is 0. The van der Waals surface area contributed by atoms with Crippen molar-refractivity contribution >= 4 is 108 Å². The highest BCUT2D eigenvalue weighted by atomic mass is 79.9.